The number of unbranched alkanes of at least 4 members (excludes halogenated alkanes) is 26. The van der Waals surface area contributed by atoms with Gasteiger partial charge in [-0.1, -0.05) is 181 Å². The van der Waals surface area contributed by atoms with E-state index >= 15 is 0 Å². The van der Waals surface area contributed by atoms with Gasteiger partial charge in [-0.25, -0.2) is 9.36 Å². The highest BCUT2D eigenvalue weighted by atomic mass is 31.2. The van der Waals surface area contributed by atoms with E-state index in [0.717, 1.165) is 51.9 Å². The number of aromatic nitrogens is 2. The number of hydrogen-bond donors (Lipinski definition) is 3. The van der Waals surface area contributed by atoms with Crippen LogP contribution in [0.25, 0.3) is 0 Å². The van der Waals surface area contributed by atoms with Crippen LogP contribution < -0.4 is 11.2 Å². The summed E-state index contributed by atoms with van der Waals surface area (Å²) in [5.41, 5.74) is -0.612. The summed E-state index contributed by atoms with van der Waals surface area (Å²) in [5, 5.41) is 11.0. The number of rotatable bonds is 36. The first-order valence-electron chi connectivity index (χ1n) is 24.3. The van der Waals surface area contributed by atoms with Gasteiger partial charge in [-0.15, -0.1) is 4.76 Å². The molecule has 1 aromatic heterocycles. The molecule has 0 saturated carbocycles. The monoisotopic (exact) mass is 852 g/mol. The van der Waals surface area contributed by atoms with Crippen molar-refractivity contribution in [3.8, 4) is 0 Å². The lowest BCUT2D eigenvalue weighted by atomic mass is 10.0. The number of aliphatic hydroxyl groups excluding tert-OH is 1. The van der Waals surface area contributed by atoms with Crippen molar-refractivity contribution in [1.82, 2.24) is 19.4 Å². The minimum absolute atomic E-state index is 0.135. The van der Waals surface area contributed by atoms with Gasteiger partial charge >= 0.3 is 13.4 Å². The Balaban J connectivity index is 1.43. The van der Waals surface area contributed by atoms with E-state index in [1.807, 2.05) is 0 Å². The van der Waals surface area contributed by atoms with Crippen LogP contribution in [0.2, 0.25) is 0 Å². The fourth-order valence-corrected chi connectivity index (χ4v) is 9.44. The van der Waals surface area contributed by atoms with Gasteiger partial charge in [0.05, 0.1) is 19.3 Å². The topological polar surface area (TPSA) is 150 Å². The van der Waals surface area contributed by atoms with Gasteiger partial charge in [0.15, 0.2) is 0 Å². The first kappa shape index (κ1) is 51.4. The Bertz CT molecular complexity index is 1390. The maximum Gasteiger partial charge on any atom is 0.454 e. The van der Waals surface area contributed by atoms with E-state index in [2.05, 4.69) is 33.4 Å². The number of nitrogens with one attached hydrogen (secondary N) is 1. The lowest BCUT2D eigenvalue weighted by Gasteiger charge is -2.24. The van der Waals surface area contributed by atoms with Crippen molar-refractivity contribution in [1.29, 1.82) is 0 Å². The molecular weight excluding hydrogens is 766 g/mol. The minimum atomic E-state index is -4.43. The van der Waals surface area contributed by atoms with Crippen molar-refractivity contribution < 1.29 is 23.8 Å². The molecule has 3 N–H and O–H groups in total. The molecular formula is C46H86N5O7P. The normalized spacial score (nSPS) is 19.3. The van der Waals surface area contributed by atoms with Crippen molar-refractivity contribution in [2.45, 2.75) is 219 Å². The fraction of sp³-hybridized carbons (Fsp3) is 0.891. The van der Waals surface area contributed by atoms with Crippen LogP contribution in [0.5, 0.6) is 0 Å². The van der Waals surface area contributed by atoms with Gasteiger partial charge in [-0.05, 0) is 19.8 Å². The zero-order chi connectivity index (χ0) is 42.6. The van der Waals surface area contributed by atoms with Gasteiger partial charge in [0.2, 0.25) is 5.96 Å². The number of hydrogen-bond acceptors (Lipinski definition) is 6. The predicted molar refractivity (Wildman–Crippen MR) is 242 cm³/mol. The molecule has 0 spiro atoms. The van der Waals surface area contributed by atoms with Gasteiger partial charge in [-0.3, -0.25) is 18.9 Å². The zero-order valence-electron chi connectivity index (χ0n) is 37.7. The third kappa shape index (κ3) is 21.6. The second-order valence-electron chi connectivity index (χ2n) is 17.7. The summed E-state index contributed by atoms with van der Waals surface area (Å²) in [5.74, 6) is 0.0887. The molecule has 3 heterocycles. The number of H-pyrrole nitrogens is 1. The van der Waals surface area contributed by atoms with Crippen LogP contribution >= 0.6 is 7.75 Å². The summed E-state index contributed by atoms with van der Waals surface area (Å²) in [6, 6.07) is 0. The number of guanidine groups is 1. The molecule has 0 aliphatic carbocycles. The smallest absolute Gasteiger partial charge is 0.390 e. The Labute approximate surface area is 357 Å². The Morgan fingerprint density at radius 2 is 1.12 bits per heavy atom. The third-order valence-electron chi connectivity index (χ3n) is 12.4. The molecule has 3 rings (SSSR count). The summed E-state index contributed by atoms with van der Waals surface area (Å²) in [6.07, 6.45) is 36.0. The summed E-state index contributed by atoms with van der Waals surface area (Å²) in [7, 11) is -4.43. The average molecular weight is 852 g/mol. The molecule has 2 aliphatic heterocycles. The molecule has 12 nitrogen and oxygen atoms in total. The quantitative estimate of drug-likeness (QED) is 0.0443. The summed E-state index contributed by atoms with van der Waals surface area (Å²) in [6.45, 7) is 9.25. The predicted octanol–water partition coefficient (Wildman–Crippen LogP) is 10.3. The highest BCUT2D eigenvalue weighted by molar-refractivity contribution is 7.51. The van der Waals surface area contributed by atoms with Crippen LogP contribution in [0.15, 0.2) is 20.5 Å². The van der Waals surface area contributed by atoms with Crippen LogP contribution in [0.3, 0.4) is 0 Å². The fourth-order valence-electron chi connectivity index (χ4n) is 8.56. The molecule has 0 radical (unpaired) electrons. The van der Waals surface area contributed by atoms with Crippen molar-refractivity contribution in [3.05, 3.63) is 32.6 Å². The van der Waals surface area contributed by atoms with E-state index in [-0.39, 0.29) is 19.8 Å². The van der Waals surface area contributed by atoms with Crippen LogP contribution in [0.1, 0.15) is 199 Å². The van der Waals surface area contributed by atoms with E-state index in [1.54, 1.807) is 6.92 Å². The molecule has 2 saturated heterocycles. The van der Waals surface area contributed by atoms with Crippen LogP contribution in [0, 0.1) is 12.8 Å². The lowest BCUT2D eigenvalue weighted by Crippen LogP contribution is -2.37. The molecule has 0 bridgehead atoms. The first-order chi connectivity index (χ1) is 28.6. The Morgan fingerprint density at radius 3 is 1.54 bits per heavy atom. The Hall–Kier alpha value is -1.98. The van der Waals surface area contributed by atoms with Gasteiger partial charge < -0.3 is 24.5 Å². The largest absolute Gasteiger partial charge is 0.454 e. The molecule has 1 aromatic rings. The van der Waals surface area contributed by atoms with Crippen molar-refractivity contribution in [2.75, 3.05) is 39.4 Å². The second-order valence-corrected chi connectivity index (χ2v) is 19.1. The summed E-state index contributed by atoms with van der Waals surface area (Å²) in [4.78, 5) is 41.7. The number of aryl methyl sites for hydroxylation is 1. The van der Waals surface area contributed by atoms with Gasteiger partial charge in [-0.2, -0.15) is 0 Å². The minimum Gasteiger partial charge on any atom is -0.390 e. The number of nitrogens with zero attached hydrogens (tertiary/aromatic N) is 4. The van der Waals surface area contributed by atoms with E-state index in [1.165, 1.54) is 165 Å². The van der Waals surface area contributed by atoms with Gasteiger partial charge in [0.1, 0.15) is 6.10 Å². The third-order valence-corrected chi connectivity index (χ3v) is 13.3. The molecule has 0 aromatic carbocycles. The highest BCUT2D eigenvalue weighted by Crippen LogP contribution is 2.45. The highest BCUT2D eigenvalue weighted by Gasteiger charge is 2.38. The van der Waals surface area contributed by atoms with Crippen LogP contribution in [-0.2, 0) is 20.4 Å². The van der Waals surface area contributed by atoms with Crippen LogP contribution in [0.4, 0.5) is 0 Å². The number of aromatic amines is 1. The van der Waals surface area contributed by atoms with Gasteiger partial charge in [0.25, 0.3) is 5.56 Å². The first-order valence-corrected chi connectivity index (χ1v) is 25.9. The zero-order valence-corrected chi connectivity index (χ0v) is 38.6. The molecule has 13 heteroatoms. The number of ether oxygens (including phenoxy) is 1. The van der Waals surface area contributed by atoms with Crippen LogP contribution in [-0.4, -0.2) is 86.9 Å². The van der Waals surface area contributed by atoms with E-state index in [4.69, 9.17) is 9.26 Å². The lowest BCUT2D eigenvalue weighted by molar-refractivity contribution is 0.00548. The summed E-state index contributed by atoms with van der Waals surface area (Å²) < 4.78 is 30.5. The van der Waals surface area contributed by atoms with E-state index in [0.29, 0.717) is 11.5 Å². The maximum atomic E-state index is 13.5. The second kappa shape index (κ2) is 31.0. The molecule has 3 unspecified atom stereocenters. The molecule has 342 valence electrons. The SMILES string of the molecule is CCCCCCCCCCCCCCCCN1CCN(CCCCCCCCCCCCCCCC)C1=NP(=O)(O)OC[C@H]1OCC(Cn2cc(C)c(=O)[nH]c2=O)C1O. The molecule has 59 heavy (non-hydrogen) atoms. The van der Waals surface area contributed by atoms with E-state index < -0.39 is 37.1 Å². The molecule has 2 fully saturated rings. The maximum absolute atomic E-state index is 13.5. The molecule has 2 aliphatic rings. The Kier molecular flexibility index (Phi) is 26.9. The molecule has 4 atom stereocenters. The standard InChI is InChI=1S/C46H86N5O7P/c1-4-6-8-10-12-14-16-18-20-22-24-26-28-30-32-49-34-35-50(33-31-29-27-25-23-21-19-17-15-13-11-9-7-5-2)45(49)48-59(55,56)58-39-42-43(52)41(38-57-42)37-51-36-40(3)44(53)47-46(51)54/h36,41-43,52H,4-35,37-39H2,1-3H3,(H,55,56)(H,47,53,54)/t41?,42-,43?/m1/s1. The number of aliphatic hydroxyl groups is 1. The van der Waals surface area contributed by atoms with Gasteiger partial charge in [0, 0.05) is 50.4 Å². The average Bonchev–Trinajstić information content (AvgIpc) is 3.76. The van der Waals surface area contributed by atoms with Crippen molar-refractivity contribution >= 4 is 13.7 Å². The summed E-state index contributed by atoms with van der Waals surface area (Å²) >= 11 is 0. The van der Waals surface area contributed by atoms with Crippen molar-refractivity contribution in [3.63, 3.8) is 0 Å². The van der Waals surface area contributed by atoms with Crippen molar-refractivity contribution in [2.24, 2.45) is 10.7 Å². The molecule has 0 amide bonds. The Morgan fingerprint density at radius 1 is 0.712 bits per heavy atom. The van der Waals surface area contributed by atoms with E-state index in [9.17, 15) is 24.2 Å².